The van der Waals surface area contributed by atoms with Gasteiger partial charge in [0.05, 0.1) is 6.42 Å². The minimum Gasteiger partial charge on any atom is -0.481 e. The molecule has 0 aromatic rings. The van der Waals surface area contributed by atoms with Crippen LogP contribution in [0.2, 0.25) is 0 Å². The molecule has 0 aliphatic carbocycles. The van der Waals surface area contributed by atoms with Crippen molar-refractivity contribution < 1.29 is 29.4 Å². The Hall–Kier alpha value is -1.57. The van der Waals surface area contributed by atoms with E-state index in [1.807, 2.05) is 0 Å². The summed E-state index contributed by atoms with van der Waals surface area (Å²) in [5.41, 5.74) is 0. The second-order valence-corrected chi connectivity index (χ2v) is 4.41. The van der Waals surface area contributed by atoms with Crippen molar-refractivity contribution in [3.8, 4) is 0 Å². The zero-order chi connectivity index (χ0) is 13.4. The van der Waals surface area contributed by atoms with Crippen molar-refractivity contribution in [2.75, 3.05) is 6.54 Å². The molecule has 0 rings (SSSR count). The summed E-state index contributed by atoms with van der Waals surface area (Å²) in [6, 6.07) is 0. The second kappa shape index (κ2) is 7.66. The van der Waals surface area contributed by atoms with Crippen LogP contribution in [0.4, 0.5) is 0 Å². The van der Waals surface area contributed by atoms with Gasteiger partial charge in [0.25, 0.3) is 0 Å². The van der Waals surface area contributed by atoms with E-state index in [9.17, 15) is 19.2 Å². The molecular formula is C9H13NO6S. The van der Waals surface area contributed by atoms with Crippen molar-refractivity contribution in [1.82, 2.24) is 5.32 Å². The number of hydrogen-bond donors (Lipinski definition) is 3. The van der Waals surface area contributed by atoms with Gasteiger partial charge in [-0.1, -0.05) is 11.8 Å². The molecule has 1 atom stereocenters. The normalized spacial score (nSPS) is 11.6. The molecule has 3 N–H and O–H groups in total. The van der Waals surface area contributed by atoms with Gasteiger partial charge in [0.15, 0.2) is 5.12 Å². The molecule has 0 heterocycles. The smallest absolute Gasteiger partial charge is 0.318 e. The number of nitrogens with one attached hydrogen (secondary N) is 1. The molecule has 0 aromatic carbocycles. The number of carboxylic acids is 2. The molecule has 0 saturated carbocycles. The Morgan fingerprint density at radius 1 is 1.18 bits per heavy atom. The zero-order valence-electron chi connectivity index (χ0n) is 9.13. The van der Waals surface area contributed by atoms with Gasteiger partial charge in [-0.15, -0.1) is 0 Å². The van der Waals surface area contributed by atoms with Crippen LogP contribution in [0.15, 0.2) is 0 Å². The molecule has 0 radical (unpaired) electrons. The molecule has 0 bridgehead atoms. The first-order chi connectivity index (χ1) is 7.82. The Balaban J connectivity index is 4.15. The number of rotatable bonds is 7. The zero-order valence-corrected chi connectivity index (χ0v) is 9.95. The minimum atomic E-state index is -1.23. The molecule has 0 saturated heterocycles. The fourth-order valence-corrected chi connectivity index (χ4v) is 1.65. The van der Waals surface area contributed by atoms with E-state index < -0.39 is 28.2 Å². The van der Waals surface area contributed by atoms with Crippen LogP contribution in [-0.2, 0) is 19.2 Å². The van der Waals surface area contributed by atoms with E-state index in [0.29, 0.717) is 11.8 Å². The molecule has 0 aliphatic rings. The molecule has 7 nitrogen and oxygen atoms in total. The first kappa shape index (κ1) is 15.4. The minimum absolute atomic E-state index is 0.172. The van der Waals surface area contributed by atoms with Crippen LogP contribution in [0.1, 0.15) is 19.8 Å². The van der Waals surface area contributed by atoms with E-state index in [-0.39, 0.29) is 19.4 Å². The van der Waals surface area contributed by atoms with Gasteiger partial charge in [-0.25, -0.2) is 0 Å². The van der Waals surface area contributed by atoms with Gasteiger partial charge in [-0.05, 0) is 0 Å². The largest absolute Gasteiger partial charge is 0.481 e. The number of aliphatic carboxylic acids is 2. The standard InChI is InChI=1S/C9H13NO6S/c1-5(11)10-4-6(9(15)16)17-8(14)3-2-7(12)13/h6H,2-4H2,1H3,(H,10,11)(H,12,13)(H,15,16). The summed E-state index contributed by atoms with van der Waals surface area (Å²) in [4.78, 5) is 42.8. The predicted molar refractivity (Wildman–Crippen MR) is 59.6 cm³/mol. The molecule has 17 heavy (non-hydrogen) atoms. The summed E-state index contributed by atoms with van der Waals surface area (Å²) in [5.74, 6) is -2.74. The quantitative estimate of drug-likeness (QED) is 0.576. The summed E-state index contributed by atoms with van der Waals surface area (Å²) >= 11 is 0.520. The molecule has 0 spiro atoms. The van der Waals surface area contributed by atoms with Crippen LogP contribution in [-0.4, -0.2) is 45.0 Å². The lowest BCUT2D eigenvalue weighted by Crippen LogP contribution is -2.34. The van der Waals surface area contributed by atoms with Crippen LogP contribution in [0.3, 0.4) is 0 Å². The van der Waals surface area contributed by atoms with Gasteiger partial charge in [0.2, 0.25) is 5.91 Å². The van der Waals surface area contributed by atoms with Crippen LogP contribution in [0.5, 0.6) is 0 Å². The van der Waals surface area contributed by atoms with Crippen molar-refractivity contribution in [2.45, 2.75) is 25.0 Å². The van der Waals surface area contributed by atoms with Crippen LogP contribution in [0, 0.1) is 0 Å². The number of carboxylic acid groups (broad SMARTS) is 2. The number of hydrogen-bond acceptors (Lipinski definition) is 5. The van der Waals surface area contributed by atoms with E-state index >= 15 is 0 Å². The van der Waals surface area contributed by atoms with E-state index in [0.717, 1.165) is 0 Å². The lowest BCUT2D eigenvalue weighted by atomic mass is 10.3. The van der Waals surface area contributed by atoms with E-state index in [2.05, 4.69) is 5.32 Å². The monoisotopic (exact) mass is 263 g/mol. The SMILES string of the molecule is CC(=O)NCC(SC(=O)CCC(=O)O)C(=O)O. The Bertz CT molecular complexity index is 329. The fraction of sp³-hybridized carbons (Fsp3) is 0.556. The summed E-state index contributed by atoms with van der Waals surface area (Å²) in [6.45, 7) is 1.06. The number of amides is 1. The van der Waals surface area contributed by atoms with Gasteiger partial charge < -0.3 is 15.5 Å². The Labute approximate surface area is 102 Å². The molecule has 0 aliphatic heterocycles. The van der Waals surface area contributed by atoms with Crippen molar-refractivity contribution in [1.29, 1.82) is 0 Å². The molecule has 1 amide bonds. The van der Waals surface area contributed by atoms with Crippen molar-refractivity contribution >= 4 is 34.7 Å². The van der Waals surface area contributed by atoms with Crippen LogP contribution >= 0.6 is 11.8 Å². The average Bonchev–Trinajstić information content (AvgIpc) is 2.20. The highest BCUT2D eigenvalue weighted by molar-refractivity contribution is 8.14. The summed E-state index contributed by atoms with van der Waals surface area (Å²) in [6.07, 6.45) is -0.567. The third-order valence-corrected chi connectivity index (χ3v) is 2.75. The van der Waals surface area contributed by atoms with Gasteiger partial charge in [0.1, 0.15) is 5.25 Å². The third-order valence-electron chi connectivity index (χ3n) is 1.63. The predicted octanol–water partition coefficient (Wildman–Crippen LogP) is -0.300. The first-order valence-corrected chi connectivity index (χ1v) is 5.59. The molecule has 96 valence electrons. The Morgan fingerprint density at radius 2 is 1.76 bits per heavy atom. The maximum atomic E-state index is 11.2. The van der Waals surface area contributed by atoms with Crippen LogP contribution in [0.25, 0.3) is 0 Å². The molecular weight excluding hydrogens is 250 g/mol. The van der Waals surface area contributed by atoms with E-state index in [1.54, 1.807) is 0 Å². The van der Waals surface area contributed by atoms with E-state index in [1.165, 1.54) is 6.92 Å². The summed E-state index contributed by atoms with van der Waals surface area (Å²) in [7, 11) is 0. The average molecular weight is 263 g/mol. The summed E-state index contributed by atoms with van der Waals surface area (Å²) < 4.78 is 0. The van der Waals surface area contributed by atoms with Crippen molar-refractivity contribution in [2.24, 2.45) is 0 Å². The summed E-state index contributed by atoms with van der Waals surface area (Å²) in [5, 5.41) is 17.8. The lowest BCUT2D eigenvalue weighted by Gasteiger charge is -2.10. The Morgan fingerprint density at radius 3 is 2.18 bits per heavy atom. The highest BCUT2D eigenvalue weighted by Crippen LogP contribution is 2.15. The maximum absolute atomic E-state index is 11.2. The van der Waals surface area contributed by atoms with Crippen LogP contribution < -0.4 is 5.32 Å². The molecule has 8 heteroatoms. The van der Waals surface area contributed by atoms with Gasteiger partial charge >= 0.3 is 11.9 Å². The number of carbonyl (C=O) groups excluding carboxylic acids is 2. The maximum Gasteiger partial charge on any atom is 0.318 e. The number of thioether (sulfide) groups is 1. The van der Waals surface area contributed by atoms with Crippen molar-refractivity contribution in [3.05, 3.63) is 0 Å². The van der Waals surface area contributed by atoms with Crippen molar-refractivity contribution in [3.63, 3.8) is 0 Å². The first-order valence-electron chi connectivity index (χ1n) is 4.71. The van der Waals surface area contributed by atoms with Gasteiger partial charge in [-0.2, -0.15) is 0 Å². The molecule has 0 aromatic heterocycles. The second-order valence-electron chi connectivity index (χ2n) is 3.15. The number of carbonyl (C=O) groups is 4. The lowest BCUT2D eigenvalue weighted by molar-refractivity contribution is -0.138. The van der Waals surface area contributed by atoms with E-state index in [4.69, 9.17) is 10.2 Å². The van der Waals surface area contributed by atoms with Gasteiger partial charge in [-0.3, -0.25) is 19.2 Å². The molecule has 1 unspecified atom stereocenters. The topological polar surface area (TPSA) is 121 Å². The Kier molecular flexibility index (Phi) is 6.95. The highest BCUT2D eigenvalue weighted by atomic mass is 32.2. The highest BCUT2D eigenvalue weighted by Gasteiger charge is 2.22. The molecule has 0 fully saturated rings. The fourth-order valence-electron chi connectivity index (χ4n) is 0.842. The third kappa shape index (κ3) is 8.26. The van der Waals surface area contributed by atoms with Gasteiger partial charge in [0, 0.05) is 19.9 Å².